The SMILES string of the molecule is CC(=O)NCCNC(=S)NCc1ccccc1. The van der Waals surface area contributed by atoms with Gasteiger partial charge in [-0.05, 0) is 17.8 Å². The zero-order valence-electron chi connectivity index (χ0n) is 9.82. The number of benzene rings is 1. The largest absolute Gasteiger partial charge is 0.361 e. The van der Waals surface area contributed by atoms with Crippen LogP contribution < -0.4 is 16.0 Å². The van der Waals surface area contributed by atoms with Crippen LogP contribution in [0.3, 0.4) is 0 Å². The standard InChI is InChI=1S/C12H17N3OS/c1-10(16)13-7-8-14-12(17)15-9-11-5-3-2-4-6-11/h2-6H,7-9H2,1H3,(H,13,16)(H2,14,15,17). The van der Waals surface area contributed by atoms with Crippen LogP contribution in [0.4, 0.5) is 0 Å². The number of hydrogen-bond donors (Lipinski definition) is 3. The van der Waals surface area contributed by atoms with Crippen LogP contribution in [0.1, 0.15) is 12.5 Å². The summed E-state index contributed by atoms with van der Waals surface area (Å²) in [6.45, 7) is 3.39. The van der Waals surface area contributed by atoms with E-state index < -0.39 is 0 Å². The highest BCUT2D eigenvalue weighted by Gasteiger charge is 1.96. The summed E-state index contributed by atoms with van der Waals surface area (Å²) in [6.07, 6.45) is 0. The molecule has 3 N–H and O–H groups in total. The van der Waals surface area contributed by atoms with Gasteiger partial charge in [-0.1, -0.05) is 30.3 Å². The molecule has 0 unspecified atom stereocenters. The van der Waals surface area contributed by atoms with Crippen LogP contribution in [0.5, 0.6) is 0 Å². The Balaban J connectivity index is 2.11. The van der Waals surface area contributed by atoms with Crippen LogP contribution in [0.25, 0.3) is 0 Å². The number of carbonyl (C=O) groups is 1. The van der Waals surface area contributed by atoms with Gasteiger partial charge in [-0.3, -0.25) is 4.79 Å². The molecule has 5 heteroatoms. The molecule has 1 aromatic rings. The molecule has 1 aromatic carbocycles. The van der Waals surface area contributed by atoms with E-state index in [-0.39, 0.29) is 5.91 Å². The van der Waals surface area contributed by atoms with Gasteiger partial charge in [-0.25, -0.2) is 0 Å². The summed E-state index contributed by atoms with van der Waals surface area (Å²) in [4.78, 5) is 10.6. The fraction of sp³-hybridized carbons (Fsp3) is 0.333. The molecular formula is C12H17N3OS. The first-order valence-electron chi connectivity index (χ1n) is 5.48. The molecule has 0 saturated carbocycles. The van der Waals surface area contributed by atoms with Crippen molar-refractivity contribution in [2.45, 2.75) is 13.5 Å². The molecule has 4 nitrogen and oxygen atoms in total. The second-order valence-corrected chi connectivity index (χ2v) is 3.99. The van der Waals surface area contributed by atoms with Crippen LogP contribution in [0, 0.1) is 0 Å². The van der Waals surface area contributed by atoms with E-state index in [9.17, 15) is 4.79 Å². The Morgan fingerprint density at radius 2 is 1.76 bits per heavy atom. The number of carbonyl (C=O) groups excluding carboxylic acids is 1. The predicted molar refractivity (Wildman–Crippen MR) is 72.6 cm³/mol. The lowest BCUT2D eigenvalue weighted by atomic mass is 10.2. The Hall–Kier alpha value is -1.62. The Kier molecular flexibility index (Phi) is 6.03. The molecule has 0 spiro atoms. The van der Waals surface area contributed by atoms with Crippen LogP contribution >= 0.6 is 12.2 Å². The van der Waals surface area contributed by atoms with Gasteiger partial charge in [0.2, 0.25) is 5.91 Å². The van der Waals surface area contributed by atoms with E-state index in [0.29, 0.717) is 24.7 Å². The maximum absolute atomic E-state index is 10.6. The minimum Gasteiger partial charge on any atom is -0.361 e. The van der Waals surface area contributed by atoms with Crippen LogP contribution in [0.15, 0.2) is 30.3 Å². The molecule has 0 heterocycles. The third kappa shape index (κ3) is 6.52. The van der Waals surface area contributed by atoms with Crippen molar-refractivity contribution in [3.63, 3.8) is 0 Å². The number of hydrogen-bond acceptors (Lipinski definition) is 2. The van der Waals surface area contributed by atoms with Gasteiger partial charge in [-0.15, -0.1) is 0 Å². The second-order valence-electron chi connectivity index (χ2n) is 3.58. The number of amides is 1. The summed E-state index contributed by atoms with van der Waals surface area (Å²) >= 11 is 5.10. The maximum atomic E-state index is 10.6. The average molecular weight is 251 g/mol. The zero-order valence-corrected chi connectivity index (χ0v) is 10.6. The van der Waals surface area contributed by atoms with Gasteiger partial charge >= 0.3 is 0 Å². The smallest absolute Gasteiger partial charge is 0.216 e. The summed E-state index contributed by atoms with van der Waals surface area (Å²) in [6, 6.07) is 10.0. The highest BCUT2D eigenvalue weighted by molar-refractivity contribution is 7.80. The molecule has 17 heavy (non-hydrogen) atoms. The molecule has 0 atom stereocenters. The monoisotopic (exact) mass is 251 g/mol. The maximum Gasteiger partial charge on any atom is 0.216 e. The zero-order chi connectivity index (χ0) is 12.5. The summed E-state index contributed by atoms with van der Waals surface area (Å²) in [5, 5.41) is 9.39. The topological polar surface area (TPSA) is 53.2 Å². The van der Waals surface area contributed by atoms with Crippen molar-refractivity contribution in [1.82, 2.24) is 16.0 Å². The van der Waals surface area contributed by atoms with Gasteiger partial charge in [0.15, 0.2) is 5.11 Å². The summed E-state index contributed by atoms with van der Waals surface area (Å²) in [5.74, 6) is -0.0324. The van der Waals surface area contributed by atoms with E-state index in [0.717, 1.165) is 0 Å². The summed E-state index contributed by atoms with van der Waals surface area (Å²) in [7, 11) is 0. The highest BCUT2D eigenvalue weighted by atomic mass is 32.1. The summed E-state index contributed by atoms with van der Waals surface area (Å²) < 4.78 is 0. The molecule has 1 rings (SSSR count). The lowest BCUT2D eigenvalue weighted by Crippen LogP contribution is -2.39. The average Bonchev–Trinajstić information content (AvgIpc) is 2.33. The van der Waals surface area contributed by atoms with Crippen molar-refractivity contribution >= 4 is 23.2 Å². The third-order valence-electron chi connectivity index (χ3n) is 2.08. The minimum atomic E-state index is -0.0324. The molecule has 0 aliphatic rings. The molecule has 0 bridgehead atoms. The van der Waals surface area contributed by atoms with E-state index >= 15 is 0 Å². The van der Waals surface area contributed by atoms with E-state index in [2.05, 4.69) is 16.0 Å². The van der Waals surface area contributed by atoms with Crippen LogP contribution in [0.2, 0.25) is 0 Å². The number of nitrogens with one attached hydrogen (secondary N) is 3. The quantitative estimate of drug-likeness (QED) is 0.535. The van der Waals surface area contributed by atoms with Gasteiger partial charge in [0.1, 0.15) is 0 Å². The van der Waals surface area contributed by atoms with Gasteiger partial charge < -0.3 is 16.0 Å². The van der Waals surface area contributed by atoms with Crippen LogP contribution in [-0.2, 0) is 11.3 Å². The number of rotatable bonds is 5. The number of thiocarbonyl (C=S) groups is 1. The van der Waals surface area contributed by atoms with Crippen molar-refractivity contribution in [2.75, 3.05) is 13.1 Å². The molecule has 0 saturated heterocycles. The highest BCUT2D eigenvalue weighted by Crippen LogP contribution is 1.96. The van der Waals surface area contributed by atoms with Crippen molar-refractivity contribution in [1.29, 1.82) is 0 Å². The molecule has 0 aliphatic heterocycles. The second kappa shape index (κ2) is 7.62. The first-order chi connectivity index (χ1) is 8.18. The molecule has 0 radical (unpaired) electrons. The normalized spacial score (nSPS) is 9.47. The van der Waals surface area contributed by atoms with Crippen molar-refractivity contribution < 1.29 is 4.79 Å². The van der Waals surface area contributed by atoms with Gasteiger partial charge in [0.25, 0.3) is 0 Å². The van der Waals surface area contributed by atoms with E-state index in [1.54, 1.807) is 0 Å². The molecule has 1 amide bonds. The molecule has 92 valence electrons. The fourth-order valence-corrected chi connectivity index (χ4v) is 1.43. The van der Waals surface area contributed by atoms with Crippen molar-refractivity contribution in [3.8, 4) is 0 Å². The van der Waals surface area contributed by atoms with Crippen molar-refractivity contribution in [2.24, 2.45) is 0 Å². The molecule has 0 aliphatic carbocycles. The molecule has 0 fully saturated rings. The van der Waals surface area contributed by atoms with Crippen LogP contribution in [-0.4, -0.2) is 24.1 Å². The predicted octanol–water partition coefficient (Wildman–Crippen LogP) is 0.787. The first-order valence-corrected chi connectivity index (χ1v) is 5.89. The minimum absolute atomic E-state index is 0.0324. The molecular weight excluding hydrogens is 234 g/mol. The van der Waals surface area contributed by atoms with Gasteiger partial charge in [0, 0.05) is 26.6 Å². The first kappa shape index (κ1) is 13.4. The van der Waals surface area contributed by atoms with Crippen molar-refractivity contribution in [3.05, 3.63) is 35.9 Å². The Labute approximate surface area is 107 Å². The summed E-state index contributed by atoms with van der Waals surface area (Å²) in [5.41, 5.74) is 1.18. The van der Waals surface area contributed by atoms with Gasteiger partial charge in [-0.2, -0.15) is 0 Å². The lowest BCUT2D eigenvalue weighted by Gasteiger charge is -2.10. The lowest BCUT2D eigenvalue weighted by molar-refractivity contribution is -0.118. The van der Waals surface area contributed by atoms with E-state index in [1.807, 2.05) is 30.3 Å². The Bertz CT molecular complexity index is 367. The Morgan fingerprint density at radius 3 is 2.41 bits per heavy atom. The van der Waals surface area contributed by atoms with E-state index in [1.165, 1.54) is 12.5 Å². The fourth-order valence-electron chi connectivity index (χ4n) is 1.26. The van der Waals surface area contributed by atoms with E-state index in [4.69, 9.17) is 12.2 Å². The molecule has 0 aromatic heterocycles. The third-order valence-corrected chi connectivity index (χ3v) is 2.37. The Morgan fingerprint density at radius 1 is 1.12 bits per heavy atom. The van der Waals surface area contributed by atoms with Gasteiger partial charge in [0.05, 0.1) is 0 Å².